The molecule has 2 aliphatic rings. The summed E-state index contributed by atoms with van der Waals surface area (Å²) in [6.07, 6.45) is 3.21. The van der Waals surface area contributed by atoms with Crippen LogP contribution in [0.5, 0.6) is 0 Å². The zero-order valence-electron chi connectivity index (χ0n) is 9.83. The Morgan fingerprint density at radius 1 is 1.53 bits per heavy atom. The summed E-state index contributed by atoms with van der Waals surface area (Å²) in [5.74, 6) is 2.54. The molecule has 0 aromatic heterocycles. The Kier molecular flexibility index (Phi) is 3.29. The minimum absolute atomic E-state index is 0.336. The average Bonchev–Trinajstić information content (AvgIpc) is 2.68. The van der Waals surface area contributed by atoms with Crippen LogP contribution in [0.2, 0.25) is 0 Å². The molecule has 1 N–H and O–H groups in total. The van der Waals surface area contributed by atoms with E-state index in [0.717, 1.165) is 37.9 Å². The van der Waals surface area contributed by atoms with E-state index in [1.807, 2.05) is 11.9 Å². The number of carbonyl (C=O) groups is 1. The SMILES string of the molecule is CC1CC1CN(C)C(=O)CC1CCNC1. The average molecular weight is 210 g/mol. The van der Waals surface area contributed by atoms with Gasteiger partial charge in [0.1, 0.15) is 0 Å². The Morgan fingerprint density at radius 3 is 2.80 bits per heavy atom. The van der Waals surface area contributed by atoms with Crippen molar-refractivity contribution in [2.75, 3.05) is 26.7 Å². The van der Waals surface area contributed by atoms with Gasteiger partial charge in [-0.2, -0.15) is 0 Å². The molecule has 3 atom stereocenters. The van der Waals surface area contributed by atoms with Gasteiger partial charge in [0.2, 0.25) is 5.91 Å². The van der Waals surface area contributed by atoms with Crippen LogP contribution in [0.25, 0.3) is 0 Å². The van der Waals surface area contributed by atoms with Crippen molar-refractivity contribution in [2.24, 2.45) is 17.8 Å². The first kappa shape index (κ1) is 10.9. The van der Waals surface area contributed by atoms with E-state index in [4.69, 9.17) is 0 Å². The highest BCUT2D eigenvalue weighted by atomic mass is 16.2. The van der Waals surface area contributed by atoms with Crippen molar-refractivity contribution in [3.63, 3.8) is 0 Å². The van der Waals surface area contributed by atoms with Gasteiger partial charge < -0.3 is 10.2 Å². The molecule has 0 spiro atoms. The first-order valence-electron chi connectivity index (χ1n) is 6.11. The van der Waals surface area contributed by atoms with Crippen molar-refractivity contribution in [3.05, 3.63) is 0 Å². The first-order valence-corrected chi connectivity index (χ1v) is 6.11. The largest absolute Gasteiger partial charge is 0.345 e. The van der Waals surface area contributed by atoms with Gasteiger partial charge >= 0.3 is 0 Å². The summed E-state index contributed by atoms with van der Waals surface area (Å²) in [6.45, 7) is 5.35. The number of hydrogen-bond donors (Lipinski definition) is 1. The maximum Gasteiger partial charge on any atom is 0.222 e. The molecular weight excluding hydrogens is 188 g/mol. The van der Waals surface area contributed by atoms with Crippen molar-refractivity contribution in [3.8, 4) is 0 Å². The highest BCUT2D eigenvalue weighted by molar-refractivity contribution is 5.76. The van der Waals surface area contributed by atoms with Gasteiger partial charge in [0.15, 0.2) is 0 Å². The Morgan fingerprint density at radius 2 is 2.27 bits per heavy atom. The molecule has 1 aliphatic heterocycles. The van der Waals surface area contributed by atoms with Crippen LogP contribution in [0.4, 0.5) is 0 Å². The molecule has 2 rings (SSSR count). The van der Waals surface area contributed by atoms with Crippen LogP contribution < -0.4 is 5.32 Å². The van der Waals surface area contributed by atoms with Crippen molar-refractivity contribution in [1.82, 2.24) is 10.2 Å². The third-order valence-corrected chi connectivity index (χ3v) is 3.84. The molecule has 0 bridgehead atoms. The van der Waals surface area contributed by atoms with E-state index in [-0.39, 0.29) is 0 Å². The molecule has 86 valence electrons. The lowest BCUT2D eigenvalue weighted by molar-refractivity contribution is -0.131. The minimum atomic E-state index is 0.336. The lowest BCUT2D eigenvalue weighted by Gasteiger charge is -2.18. The molecule has 1 saturated heterocycles. The number of carbonyl (C=O) groups excluding carboxylic acids is 1. The smallest absolute Gasteiger partial charge is 0.222 e. The van der Waals surface area contributed by atoms with Crippen LogP contribution in [0.15, 0.2) is 0 Å². The van der Waals surface area contributed by atoms with Crippen molar-refractivity contribution < 1.29 is 4.79 Å². The molecule has 0 aromatic rings. The second-order valence-corrected chi connectivity index (χ2v) is 5.31. The van der Waals surface area contributed by atoms with Gasteiger partial charge in [-0.05, 0) is 43.7 Å². The van der Waals surface area contributed by atoms with E-state index in [0.29, 0.717) is 11.8 Å². The fraction of sp³-hybridized carbons (Fsp3) is 0.917. The number of rotatable bonds is 4. The minimum Gasteiger partial charge on any atom is -0.345 e. The highest BCUT2D eigenvalue weighted by Crippen LogP contribution is 2.38. The van der Waals surface area contributed by atoms with Crippen LogP contribution in [0, 0.1) is 17.8 Å². The van der Waals surface area contributed by atoms with Gasteiger partial charge in [-0.15, -0.1) is 0 Å². The Bertz CT molecular complexity index is 236. The van der Waals surface area contributed by atoms with Crippen molar-refractivity contribution in [1.29, 1.82) is 0 Å². The summed E-state index contributed by atoms with van der Waals surface area (Å²) in [6, 6.07) is 0. The maximum absolute atomic E-state index is 11.9. The van der Waals surface area contributed by atoms with E-state index in [2.05, 4.69) is 12.2 Å². The summed E-state index contributed by atoms with van der Waals surface area (Å²) in [5, 5.41) is 3.31. The zero-order chi connectivity index (χ0) is 10.8. The molecule has 15 heavy (non-hydrogen) atoms. The molecule has 1 heterocycles. The molecule has 2 fully saturated rings. The van der Waals surface area contributed by atoms with Crippen LogP contribution in [0.3, 0.4) is 0 Å². The standard InChI is InChI=1S/C12H22N2O/c1-9-5-11(9)8-14(2)12(15)6-10-3-4-13-7-10/h9-11,13H,3-8H2,1-2H3. The molecule has 3 nitrogen and oxygen atoms in total. The maximum atomic E-state index is 11.9. The monoisotopic (exact) mass is 210 g/mol. The van der Waals surface area contributed by atoms with E-state index < -0.39 is 0 Å². The molecule has 3 heteroatoms. The number of hydrogen-bond acceptors (Lipinski definition) is 2. The highest BCUT2D eigenvalue weighted by Gasteiger charge is 2.34. The van der Waals surface area contributed by atoms with Gasteiger partial charge in [-0.25, -0.2) is 0 Å². The Balaban J connectivity index is 1.69. The van der Waals surface area contributed by atoms with E-state index in [1.165, 1.54) is 12.8 Å². The lowest BCUT2D eigenvalue weighted by atomic mass is 10.0. The molecule has 1 amide bonds. The van der Waals surface area contributed by atoms with Gasteiger partial charge in [0.25, 0.3) is 0 Å². The molecule has 3 unspecified atom stereocenters. The van der Waals surface area contributed by atoms with Crippen molar-refractivity contribution >= 4 is 5.91 Å². The van der Waals surface area contributed by atoms with E-state index >= 15 is 0 Å². The van der Waals surface area contributed by atoms with E-state index in [1.54, 1.807) is 0 Å². The van der Waals surface area contributed by atoms with Gasteiger partial charge in [0.05, 0.1) is 0 Å². The lowest BCUT2D eigenvalue weighted by Crippen LogP contribution is -2.30. The third kappa shape index (κ3) is 2.94. The summed E-state index contributed by atoms with van der Waals surface area (Å²) < 4.78 is 0. The van der Waals surface area contributed by atoms with E-state index in [9.17, 15) is 4.79 Å². The van der Waals surface area contributed by atoms with Gasteiger partial charge in [-0.3, -0.25) is 4.79 Å². The topological polar surface area (TPSA) is 32.3 Å². The molecule has 0 aromatic carbocycles. The molecule has 0 radical (unpaired) electrons. The Labute approximate surface area is 92.2 Å². The van der Waals surface area contributed by atoms with Crippen molar-refractivity contribution in [2.45, 2.75) is 26.2 Å². The summed E-state index contributed by atoms with van der Waals surface area (Å²) in [7, 11) is 1.95. The quantitative estimate of drug-likeness (QED) is 0.753. The number of nitrogens with zero attached hydrogens (tertiary/aromatic N) is 1. The van der Waals surface area contributed by atoms with Crippen LogP contribution in [-0.2, 0) is 4.79 Å². The summed E-state index contributed by atoms with van der Waals surface area (Å²) >= 11 is 0. The number of amides is 1. The fourth-order valence-corrected chi connectivity index (χ4v) is 2.40. The predicted molar refractivity (Wildman–Crippen MR) is 60.5 cm³/mol. The van der Waals surface area contributed by atoms with Gasteiger partial charge in [0, 0.05) is 20.0 Å². The summed E-state index contributed by atoms with van der Waals surface area (Å²) in [5.41, 5.74) is 0. The normalized spacial score (nSPS) is 34.1. The first-order chi connectivity index (χ1) is 7.16. The zero-order valence-corrected chi connectivity index (χ0v) is 9.83. The van der Waals surface area contributed by atoms with Crippen LogP contribution in [-0.4, -0.2) is 37.5 Å². The fourth-order valence-electron chi connectivity index (χ4n) is 2.40. The Hall–Kier alpha value is -0.570. The van der Waals surface area contributed by atoms with Crippen LogP contribution >= 0.6 is 0 Å². The van der Waals surface area contributed by atoms with Crippen LogP contribution in [0.1, 0.15) is 26.2 Å². The molecular formula is C12H22N2O. The number of nitrogens with one attached hydrogen (secondary N) is 1. The summed E-state index contributed by atoms with van der Waals surface area (Å²) in [4.78, 5) is 13.8. The van der Waals surface area contributed by atoms with Gasteiger partial charge in [-0.1, -0.05) is 6.92 Å². The molecule has 1 aliphatic carbocycles. The second-order valence-electron chi connectivity index (χ2n) is 5.31. The third-order valence-electron chi connectivity index (χ3n) is 3.84. The molecule has 1 saturated carbocycles. The predicted octanol–water partition coefficient (Wildman–Crippen LogP) is 1.10. The second kappa shape index (κ2) is 4.52.